The third kappa shape index (κ3) is 1.10. The largest absolute Gasteiger partial charge is 0.275 e. The van der Waals surface area contributed by atoms with Crippen molar-refractivity contribution in [1.29, 1.82) is 0 Å². The Morgan fingerprint density at radius 3 is 2.85 bits per heavy atom. The fraction of sp³-hybridized carbons (Fsp3) is 0.600. The number of fused-ring (bicyclic) bond motifs is 1. The lowest BCUT2D eigenvalue weighted by molar-refractivity contribution is -0.166. The number of rotatable bonds is 1. The number of likely N-dealkylation sites (tertiary alicyclic amines) is 1. The van der Waals surface area contributed by atoms with Crippen LogP contribution < -0.4 is 0 Å². The SMILES string of the molecule is C=CC(=O)N1C(=O)C2CCCCC21. The molecule has 0 bridgehead atoms. The van der Waals surface area contributed by atoms with Crippen molar-refractivity contribution in [3.63, 3.8) is 0 Å². The van der Waals surface area contributed by atoms with Gasteiger partial charge in [-0.15, -0.1) is 0 Å². The fourth-order valence-corrected chi connectivity index (χ4v) is 2.34. The smallest absolute Gasteiger partial charge is 0.252 e. The molecular formula is C10H13NO2. The molecule has 2 amide bonds. The Labute approximate surface area is 77.4 Å². The molecule has 1 saturated heterocycles. The molecular weight excluding hydrogens is 166 g/mol. The third-order valence-electron chi connectivity index (χ3n) is 3.03. The molecule has 1 heterocycles. The molecule has 2 unspecified atom stereocenters. The van der Waals surface area contributed by atoms with Crippen LogP contribution in [0.4, 0.5) is 0 Å². The van der Waals surface area contributed by atoms with Gasteiger partial charge >= 0.3 is 0 Å². The number of amides is 2. The average Bonchev–Trinajstić information content (AvgIpc) is 2.17. The van der Waals surface area contributed by atoms with Crippen LogP contribution in [0.25, 0.3) is 0 Å². The van der Waals surface area contributed by atoms with Crippen molar-refractivity contribution in [2.75, 3.05) is 0 Å². The van der Waals surface area contributed by atoms with Gasteiger partial charge in [-0.25, -0.2) is 0 Å². The summed E-state index contributed by atoms with van der Waals surface area (Å²) in [5, 5.41) is 0. The molecule has 3 nitrogen and oxygen atoms in total. The van der Waals surface area contributed by atoms with Gasteiger partial charge in [0.2, 0.25) is 5.91 Å². The molecule has 1 saturated carbocycles. The maximum atomic E-state index is 11.5. The first kappa shape index (κ1) is 8.48. The van der Waals surface area contributed by atoms with Crippen LogP contribution >= 0.6 is 0 Å². The van der Waals surface area contributed by atoms with Crippen LogP contribution in [0.5, 0.6) is 0 Å². The zero-order valence-electron chi connectivity index (χ0n) is 7.53. The van der Waals surface area contributed by atoms with Crippen LogP contribution in [-0.2, 0) is 9.59 Å². The van der Waals surface area contributed by atoms with Gasteiger partial charge in [0, 0.05) is 0 Å². The predicted octanol–water partition coefficient (Wildman–Crippen LogP) is 1.10. The number of carbonyl (C=O) groups excluding carboxylic acids is 2. The molecule has 1 aliphatic heterocycles. The molecule has 3 heteroatoms. The van der Waals surface area contributed by atoms with E-state index in [-0.39, 0.29) is 23.8 Å². The summed E-state index contributed by atoms with van der Waals surface area (Å²) in [6.45, 7) is 3.39. The molecule has 0 radical (unpaired) electrons. The van der Waals surface area contributed by atoms with Crippen molar-refractivity contribution in [3.05, 3.63) is 12.7 Å². The number of hydrogen-bond donors (Lipinski definition) is 0. The van der Waals surface area contributed by atoms with Crippen molar-refractivity contribution in [3.8, 4) is 0 Å². The van der Waals surface area contributed by atoms with Gasteiger partial charge in [-0.1, -0.05) is 19.4 Å². The van der Waals surface area contributed by atoms with Crippen LogP contribution in [0.2, 0.25) is 0 Å². The Hall–Kier alpha value is -1.12. The average molecular weight is 179 g/mol. The lowest BCUT2D eigenvalue weighted by atomic mass is 9.76. The quantitative estimate of drug-likeness (QED) is 0.446. The minimum absolute atomic E-state index is 0.00889. The van der Waals surface area contributed by atoms with Crippen LogP contribution in [-0.4, -0.2) is 22.8 Å². The number of hydrogen-bond acceptors (Lipinski definition) is 2. The van der Waals surface area contributed by atoms with Crippen LogP contribution in [0.3, 0.4) is 0 Å². The van der Waals surface area contributed by atoms with E-state index in [1.54, 1.807) is 0 Å². The maximum absolute atomic E-state index is 11.5. The van der Waals surface area contributed by atoms with Crippen molar-refractivity contribution in [2.24, 2.45) is 5.92 Å². The molecule has 0 spiro atoms. The molecule has 13 heavy (non-hydrogen) atoms. The van der Waals surface area contributed by atoms with Crippen LogP contribution in [0, 0.1) is 5.92 Å². The second-order valence-electron chi connectivity index (χ2n) is 3.71. The molecule has 2 atom stereocenters. The molecule has 0 aromatic rings. The van der Waals surface area contributed by atoms with Gasteiger partial charge in [0.25, 0.3) is 5.91 Å². The molecule has 2 fully saturated rings. The number of β-lactam (4-membered cyclic amide) rings is 1. The zero-order chi connectivity index (χ0) is 9.42. The van der Waals surface area contributed by atoms with Crippen molar-refractivity contribution < 1.29 is 9.59 Å². The first-order chi connectivity index (χ1) is 6.25. The number of imide groups is 1. The highest BCUT2D eigenvalue weighted by Gasteiger charge is 2.50. The number of nitrogens with zero attached hydrogens (tertiary/aromatic N) is 1. The third-order valence-corrected chi connectivity index (χ3v) is 3.03. The summed E-state index contributed by atoms with van der Waals surface area (Å²) < 4.78 is 0. The molecule has 0 aromatic heterocycles. The van der Waals surface area contributed by atoms with E-state index in [0.717, 1.165) is 25.7 Å². The topological polar surface area (TPSA) is 37.4 Å². The van der Waals surface area contributed by atoms with E-state index in [1.165, 1.54) is 11.0 Å². The first-order valence-corrected chi connectivity index (χ1v) is 4.75. The first-order valence-electron chi connectivity index (χ1n) is 4.75. The molecule has 2 rings (SSSR count). The molecule has 0 N–H and O–H groups in total. The maximum Gasteiger partial charge on any atom is 0.252 e. The van der Waals surface area contributed by atoms with Crippen LogP contribution in [0.15, 0.2) is 12.7 Å². The van der Waals surface area contributed by atoms with Gasteiger partial charge in [-0.2, -0.15) is 0 Å². The Balaban J connectivity index is 2.10. The minimum Gasteiger partial charge on any atom is -0.275 e. The highest BCUT2D eigenvalue weighted by Crippen LogP contribution is 2.38. The van der Waals surface area contributed by atoms with E-state index < -0.39 is 0 Å². The molecule has 1 aliphatic carbocycles. The monoisotopic (exact) mass is 179 g/mol. The number of carbonyl (C=O) groups is 2. The highest BCUT2D eigenvalue weighted by atomic mass is 16.2. The van der Waals surface area contributed by atoms with Gasteiger partial charge in [0.1, 0.15) is 0 Å². The minimum atomic E-state index is -0.229. The Morgan fingerprint density at radius 1 is 1.46 bits per heavy atom. The van der Waals surface area contributed by atoms with Gasteiger partial charge < -0.3 is 0 Å². The fourth-order valence-electron chi connectivity index (χ4n) is 2.34. The van der Waals surface area contributed by atoms with Crippen LogP contribution in [0.1, 0.15) is 25.7 Å². The Kier molecular flexibility index (Phi) is 1.94. The Bertz CT molecular complexity index is 272. The molecule has 2 aliphatic rings. The normalized spacial score (nSPS) is 32.0. The summed E-state index contributed by atoms with van der Waals surface area (Å²) in [6, 6.07) is 0.187. The van der Waals surface area contributed by atoms with Gasteiger partial charge in [-0.05, 0) is 18.9 Å². The van der Waals surface area contributed by atoms with Gasteiger partial charge in [0.05, 0.1) is 12.0 Å². The molecule has 0 aromatic carbocycles. The summed E-state index contributed by atoms with van der Waals surface area (Å²) in [4.78, 5) is 24.1. The second kappa shape index (κ2) is 2.98. The lowest BCUT2D eigenvalue weighted by Gasteiger charge is -2.47. The van der Waals surface area contributed by atoms with E-state index in [9.17, 15) is 9.59 Å². The van der Waals surface area contributed by atoms with E-state index in [2.05, 4.69) is 6.58 Å². The van der Waals surface area contributed by atoms with E-state index >= 15 is 0 Å². The molecule has 70 valence electrons. The summed E-state index contributed by atoms with van der Waals surface area (Å²) in [7, 11) is 0. The van der Waals surface area contributed by atoms with E-state index in [4.69, 9.17) is 0 Å². The van der Waals surface area contributed by atoms with E-state index in [1.807, 2.05) is 0 Å². The Morgan fingerprint density at radius 2 is 2.15 bits per heavy atom. The predicted molar refractivity (Wildman–Crippen MR) is 47.8 cm³/mol. The second-order valence-corrected chi connectivity index (χ2v) is 3.71. The highest BCUT2D eigenvalue weighted by molar-refractivity contribution is 6.06. The zero-order valence-corrected chi connectivity index (χ0v) is 7.53. The van der Waals surface area contributed by atoms with Crippen molar-refractivity contribution in [1.82, 2.24) is 4.90 Å². The standard InChI is InChI=1S/C10H13NO2/c1-2-9(12)11-8-6-4-3-5-7(8)10(11)13/h2,7-8H,1,3-6H2. The van der Waals surface area contributed by atoms with Crippen molar-refractivity contribution >= 4 is 11.8 Å². The summed E-state index contributed by atoms with van der Waals surface area (Å²) in [5.74, 6) is -0.0830. The summed E-state index contributed by atoms with van der Waals surface area (Å²) in [5.41, 5.74) is 0. The summed E-state index contributed by atoms with van der Waals surface area (Å²) in [6.07, 6.45) is 5.43. The van der Waals surface area contributed by atoms with Gasteiger partial charge in [0.15, 0.2) is 0 Å². The lowest BCUT2D eigenvalue weighted by Crippen LogP contribution is -2.63. The van der Waals surface area contributed by atoms with E-state index in [0.29, 0.717) is 0 Å². The van der Waals surface area contributed by atoms with Crippen molar-refractivity contribution in [2.45, 2.75) is 31.7 Å². The van der Waals surface area contributed by atoms with Gasteiger partial charge in [-0.3, -0.25) is 14.5 Å². The summed E-state index contributed by atoms with van der Waals surface area (Å²) >= 11 is 0.